The summed E-state index contributed by atoms with van der Waals surface area (Å²) in [5, 5.41) is 10.5. The zero-order chi connectivity index (χ0) is 24.2. The van der Waals surface area contributed by atoms with Crippen LogP contribution >= 0.6 is 11.6 Å². The summed E-state index contributed by atoms with van der Waals surface area (Å²) in [6, 6.07) is 27.5. The van der Waals surface area contributed by atoms with Crippen LogP contribution in [0.2, 0.25) is 5.02 Å². The second-order valence-electron chi connectivity index (χ2n) is 8.42. The number of fused-ring (bicyclic) bond motifs is 1. The van der Waals surface area contributed by atoms with E-state index in [9.17, 15) is 4.79 Å². The highest BCUT2D eigenvalue weighted by Gasteiger charge is 2.09. The number of benzene rings is 4. The first-order valence-electron chi connectivity index (χ1n) is 11.3. The van der Waals surface area contributed by atoms with Crippen LogP contribution in [-0.2, 0) is 13.2 Å². The number of carbonyl (C=O) groups excluding carboxylic acids is 1. The lowest BCUT2D eigenvalue weighted by atomic mass is 10.0. The molecule has 0 aliphatic heterocycles. The fourth-order valence-corrected chi connectivity index (χ4v) is 4.07. The molecule has 0 fully saturated rings. The minimum absolute atomic E-state index is 0.185. The quantitative estimate of drug-likeness (QED) is 0.275. The largest absolute Gasteiger partial charge is 0.489 e. The van der Waals surface area contributed by atoms with Crippen molar-refractivity contribution in [3.05, 3.63) is 125 Å². The van der Waals surface area contributed by atoms with Crippen LogP contribution in [0, 0.1) is 6.92 Å². The molecular formula is C29H24ClN3O2. The molecule has 0 aliphatic rings. The number of anilines is 1. The van der Waals surface area contributed by atoms with Crippen LogP contribution in [0.3, 0.4) is 0 Å². The van der Waals surface area contributed by atoms with Crippen LogP contribution in [-0.4, -0.2) is 15.7 Å². The van der Waals surface area contributed by atoms with E-state index in [1.807, 2.05) is 60.3 Å². The summed E-state index contributed by atoms with van der Waals surface area (Å²) >= 11 is 6.06. The topological polar surface area (TPSA) is 56.1 Å². The van der Waals surface area contributed by atoms with Crippen LogP contribution < -0.4 is 10.1 Å². The van der Waals surface area contributed by atoms with Gasteiger partial charge in [-0.3, -0.25) is 9.48 Å². The number of nitrogens with one attached hydrogen (secondary N) is 1. The molecule has 4 aromatic carbocycles. The second kappa shape index (κ2) is 10.0. The molecule has 1 aromatic heterocycles. The second-order valence-corrected chi connectivity index (χ2v) is 8.82. The summed E-state index contributed by atoms with van der Waals surface area (Å²) in [5.74, 6) is 0.574. The van der Waals surface area contributed by atoms with Crippen molar-refractivity contribution >= 4 is 34.0 Å². The summed E-state index contributed by atoms with van der Waals surface area (Å²) in [5.41, 5.74) is 4.34. The number of amides is 1. The number of aryl methyl sites for hydroxylation is 1. The molecule has 0 saturated carbocycles. The van der Waals surface area contributed by atoms with Crippen LogP contribution in [0.25, 0.3) is 10.8 Å². The molecule has 0 atom stereocenters. The number of ether oxygens (including phenoxy) is 1. The van der Waals surface area contributed by atoms with E-state index in [0.717, 1.165) is 16.9 Å². The van der Waals surface area contributed by atoms with Crippen molar-refractivity contribution in [3.8, 4) is 5.75 Å². The van der Waals surface area contributed by atoms with Gasteiger partial charge in [-0.15, -0.1) is 0 Å². The van der Waals surface area contributed by atoms with Gasteiger partial charge in [0.25, 0.3) is 5.91 Å². The monoisotopic (exact) mass is 481 g/mol. The molecule has 6 heteroatoms. The summed E-state index contributed by atoms with van der Waals surface area (Å²) in [6.07, 6.45) is 3.51. The Labute approximate surface area is 208 Å². The van der Waals surface area contributed by atoms with Gasteiger partial charge in [-0.05, 0) is 64.7 Å². The Morgan fingerprint density at radius 3 is 2.63 bits per heavy atom. The van der Waals surface area contributed by atoms with E-state index in [1.165, 1.54) is 16.3 Å². The highest BCUT2D eigenvalue weighted by molar-refractivity contribution is 6.31. The molecule has 0 radical (unpaired) electrons. The number of nitrogens with zero attached hydrogens (tertiary/aromatic N) is 2. The molecule has 5 aromatic rings. The number of aromatic nitrogens is 2. The zero-order valence-electron chi connectivity index (χ0n) is 19.2. The third-order valence-electron chi connectivity index (χ3n) is 5.85. The van der Waals surface area contributed by atoms with Crippen LogP contribution in [0.4, 0.5) is 5.69 Å². The average Bonchev–Trinajstić information content (AvgIpc) is 3.32. The summed E-state index contributed by atoms with van der Waals surface area (Å²) in [7, 11) is 0. The van der Waals surface area contributed by atoms with Gasteiger partial charge in [0.15, 0.2) is 0 Å². The molecule has 0 aliphatic carbocycles. The lowest BCUT2D eigenvalue weighted by Gasteiger charge is -2.09. The number of rotatable bonds is 7. The Kier molecular flexibility index (Phi) is 6.51. The number of halogens is 1. The van der Waals surface area contributed by atoms with Crippen molar-refractivity contribution in [2.75, 3.05) is 5.32 Å². The van der Waals surface area contributed by atoms with Gasteiger partial charge in [-0.25, -0.2) is 0 Å². The fraction of sp³-hybridized carbons (Fsp3) is 0.103. The van der Waals surface area contributed by atoms with Gasteiger partial charge in [0.1, 0.15) is 12.4 Å². The predicted molar refractivity (Wildman–Crippen MR) is 140 cm³/mol. The zero-order valence-corrected chi connectivity index (χ0v) is 20.0. The maximum Gasteiger partial charge on any atom is 0.255 e. The lowest BCUT2D eigenvalue weighted by molar-refractivity contribution is 0.102. The van der Waals surface area contributed by atoms with Crippen LogP contribution in [0.5, 0.6) is 5.75 Å². The molecule has 0 spiro atoms. The van der Waals surface area contributed by atoms with Gasteiger partial charge in [-0.1, -0.05) is 66.2 Å². The van der Waals surface area contributed by atoms with Gasteiger partial charge in [0.2, 0.25) is 0 Å². The van der Waals surface area contributed by atoms with E-state index in [0.29, 0.717) is 29.4 Å². The number of hydrogen-bond acceptors (Lipinski definition) is 3. The van der Waals surface area contributed by atoms with Gasteiger partial charge >= 0.3 is 0 Å². The van der Waals surface area contributed by atoms with Crippen molar-refractivity contribution < 1.29 is 9.53 Å². The standard InChI is InChI=1S/C29H24ClN3O2/c1-20-15-26(13-14-28(20)30)35-19-21-9-11-23(12-10-21)29(34)32-25-16-31-33(18-25)17-24-7-4-6-22-5-2-3-8-27(22)24/h2-16,18H,17,19H2,1H3,(H,32,34). The van der Waals surface area contributed by atoms with E-state index < -0.39 is 0 Å². The molecule has 174 valence electrons. The normalized spacial score (nSPS) is 10.9. The van der Waals surface area contributed by atoms with Gasteiger partial charge in [0, 0.05) is 16.8 Å². The minimum atomic E-state index is -0.185. The van der Waals surface area contributed by atoms with Crippen molar-refractivity contribution in [3.63, 3.8) is 0 Å². The first-order chi connectivity index (χ1) is 17.0. The maximum absolute atomic E-state index is 12.7. The van der Waals surface area contributed by atoms with Gasteiger partial charge in [-0.2, -0.15) is 5.10 Å². The molecule has 5 nitrogen and oxygen atoms in total. The first-order valence-corrected chi connectivity index (χ1v) is 11.7. The average molecular weight is 482 g/mol. The third-order valence-corrected chi connectivity index (χ3v) is 6.28. The number of hydrogen-bond donors (Lipinski definition) is 1. The van der Waals surface area contributed by atoms with Gasteiger partial charge in [0.05, 0.1) is 18.4 Å². The molecule has 0 unspecified atom stereocenters. The maximum atomic E-state index is 12.7. The Balaban J connectivity index is 1.19. The van der Waals surface area contributed by atoms with E-state index in [1.54, 1.807) is 18.3 Å². The Morgan fingerprint density at radius 2 is 1.80 bits per heavy atom. The molecule has 0 saturated heterocycles. The van der Waals surface area contributed by atoms with E-state index in [-0.39, 0.29) is 5.91 Å². The molecule has 1 N–H and O–H groups in total. The molecule has 35 heavy (non-hydrogen) atoms. The Morgan fingerprint density at radius 1 is 1.00 bits per heavy atom. The summed E-state index contributed by atoms with van der Waals surface area (Å²) in [6.45, 7) is 2.97. The van der Waals surface area contributed by atoms with Crippen molar-refractivity contribution in [1.29, 1.82) is 0 Å². The molecule has 1 heterocycles. The fourth-order valence-electron chi connectivity index (χ4n) is 3.95. The molecule has 1 amide bonds. The number of carbonyl (C=O) groups is 1. The SMILES string of the molecule is Cc1cc(OCc2ccc(C(=O)Nc3cnn(Cc4cccc5ccccc45)c3)cc2)ccc1Cl. The highest BCUT2D eigenvalue weighted by Crippen LogP contribution is 2.22. The van der Waals surface area contributed by atoms with E-state index in [2.05, 4.69) is 40.7 Å². The molecular weight excluding hydrogens is 458 g/mol. The lowest BCUT2D eigenvalue weighted by Crippen LogP contribution is -2.11. The summed E-state index contributed by atoms with van der Waals surface area (Å²) < 4.78 is 7.66. The van der Waals surface area contributed by atoms with E-state index in [4.69, 9.17) is 16.3 Å². The summed E-state index contributed by atoms with van der Waals surface area (Å²) in [4.78, 5) is 12.7. The Bertz CT molecular complexity index is 1490. The molecule has 0 bridgehead atoms. The van der Waals surface area contributed by atoms with Crippen molar-refractivity contribution in [2.45, 2.75) is 20.1 Å². The smallest absolute Gasteiger partial charge is 0.255 e. The Hall–Kier alpha value is -4.09. The van der Waals surface area contributed by atoms with Crippen LogP contribution in [0.1, 0.15) is 27.0 Å². The minimum Gasteiger partial charge on any atom is -0.489 e. The van der Waals surface area contributed by atoms with Crippen molar-refractivity contribution in [2.24, 2.45) is 0 Å². The third kappa shape index (κ3) is 5.36. The van der Waals surface area contributed by atoms with E-state index >= 15 is 0 Å². The highest BCUT2D eigenvalue weighted by atomic mass is 35.5. The molecule has 5 rings (SSSR count). The first kappa shape index (κ1) is 22.7. The predicted octanol–water partition coefficient (Wildman–Crippen LogP) is 6.88. The van der Waals surface area contributed by atoms with Crippen LogP contribution in [0.15, 0.2) is 97.3 Å². The van der Waals surface area contributed by atoms with Gasteiger partial charge < -0.3 is 10.1 Å². The van der Waals surface area contributed by atoms with Crippen molar-refractivity contribution in [1.82, 2.24) is 9.78 Å².